The van der Waals surface area contributed by atoms with Gasteiger partial charge in [0.15, 0.2) is 12.3 Å². The quantitative estimate of drug-likeness (QED) is 0.403. The van der Waals surface area contributed by atoms with Crippen LogP contribution in [0.5, 0.6) is 0 Å². The van der Waals surface area contributed by atoms with Crippen molar-refractivity contribution >= 4 is 5.91 Å². The molecule has 10 heteroatoms. The van der Waals surface area contributed by atoms with Crippen molar-refractivity contribution in [3.05, 3.63) is 11.8 Å². The van der Waals surface area contributed by atoms with Gasteiger partial charge < -0.3 is 20.7 Å². The predicted molar refractivity (Wildman–Crippen MR) is 107 cm³/mol. The number of likely N-dealkylation sites (N-methyl/N-ethyl adjacent to an activating group) is 1. The van der Waals surface area contributed by atoms with Crippen molar-refractivity contribution in [3.8, 4) is 0 Å². The van der Waals surface area contributed by atoms with Gasteiger partial charge in [0.2, 0.25) is 5.91 Å². The number of ether oxygens (including phenoxy) is 1. The summed E-state index contributed by atoms with van der Waals surface area (Å²) in [6.07, 6.45) is 0.510. The minimum absolute atomic E-state index is 0.0798. The third kappa shape index (κ3) is 4.14. The fraction of sp³-hybridized carbons (Fsp3) is 0.842. The van der Waals surface area contributed by atoms with Crippen LogP contribution in [0.4, 0.5) is 4.39 Å². The Morgan fingerprint density at radius 1 is 1.45 bits per heavy atom. The number of rotatable bonds is 4. The fourth-order valence-corrected chi connectivity index (χ4v) is 5.19. The third-order valence-electron chi connectivity index (χ3n) is 6.71. The minimum Gasteiger partial charge on any atom is -0.378 e. The summed E-state index contributed by atoms with van der Waals surface area (Å²) in [4.78, 5) is 18.0. The van der Waals surface area contributed by atoms with Gasteiger partial charge in [-0.05, 0) is 12.6 Å². The van der Waals surface area contributed by atoms with Crippen LogP contribution in [0.2, 0.25) is 0 Å². The summed E-state index contributed by atoms with van der Waals surface area (Å²) in [5.41, 5.74) is 10.7. The van der Waals surface area contributed by atoms with E-state index in [-0.39, 0.29) is 29.3 Å². The molecule has 0 aromatic carbocycles. The van der Waals surface area contributed by atoms with Gasteiger partial charge >= 0.3 is 0 Å². The lowest BCUT2D eigenvalue weighted by molar-refractivity contribution is -0.972. The summed E-state index contributed by atoms with van der Waals surface area (Å²) in [6, 6.07) is -0.0848. The lowest BCUT2D eigenvalue weighted by atomic mass is 9.99. The number of hydrogen-bond donors (Lipinski definition) is 4. The van der Waals surface area contributed by atoms with Gasteiger partial charge in [0.25, 0.3) is 0 Å². The fourth-order valence-electron chi connectivity index (χ4n) is 5.19. The monoisotopic (exact) mass is 412 g/mol. The number of carbonyl (C=O) groups is 1. The van der Waals surface area contributed by atoms with Crippen LogP contribution in [0.1, 0.15) is 6.92 Å². The second-order valence-electron chi connectivity index (χ2n) is 8.72. The number of nitrogens with one attached hydrogen (secondary N) is 3. The molecule has 0 radical (unpaired) electrons. The molecule has 9 nitrogen and oxygen atoms in total. The highest BCUT2D eigenvalue weighted by Gasteiger charge is 2.57. The molecule has 4 heterocycles. The van der Waals surface area contributed by atoms with Gasteiger partial charge in [-0.2, -0.15) is 0 Å². The van der Waals surface area contributed by atoms with Crippen molar-refractivity contribution in [2.45, 2.75) is 31.5 Å². The first-order valence-corrected chi connectivity index (χ1v) is 10.7. The number of fused-ring (bicyclic) bond motifs is 1. The molecular formula is C19H35FN7O2+. The second-order valence-corrected chi connectivity index (χ2v) is 8.72. The summed E-state index contributed by atoms with van der Waals surface area (Å²) >= 11 is 0. The topological polar surface area (TPSA) is 94.9 Å². The van der Waals surface area contributed by atoms with Gasteiger partial charge in [-0.3, -0.25) is 15.0 Å². The van der Waals surface area contributed by atoms with Crippen LogP contribution in [-0.4, -0.2) is 111 Å². The van der Waals surface area contributed by atoms with Crippen molar-refractivity contribution in [1.82, 2.24) is 25.9 Å². The number of morpholine rings is 1. The summed E-state index contributed by atoms with van der Waals surface area (Å²) < 4.78 is 19.7. The molecule has 29 heavy (non-hydrogen) atoms. The molecule has 164 valence electrons. The number of amides is 1. The van der Waals surface area contributed by atoms with E-state index in [0.29, 0.717) is 19.8 Å². The lowest BCUT2D eigenvalue weighted by Gasteiger charge is -2.42. The van der Waals surface area contributed by atoms with E-state index in [9.17, 15) is 9.18 Å². The highest BCUT2D eigenvalue weighted by atomic mass is 19.1. The minimum atomic E-state index is -0.954. The van der Waals surface area contributed by atoms with Crippen LogP contribution in [0.25, 0.3) is 0 Å². The third-order valence-corrected chi connectivity index (χ3v) is 6.71. The Balaban J connectivity index is 1.49. The molecule has 0 aromatic heterocycles. The van der Waals surface area contributed by atoms with Crippen LogP contribution in [-0.2, 0) is 9.53 Å². The molecule has 3 fully saturated rings. The van der Waals surface area contributed by atoms with Gasteiger partial charge in [-0.25, -0.2) is 8.98 Å². The largest absolute Gasteiger partial charge is 0.378 e. The second kappa shape index (κ2) is 8.44. The normalized spacial score (nSPS) is 41.0. The van der Waals surface area contributed by atoms with Gasteiger partial charge in [-0.15, -0.1) is 5.43 Å². The standard InChI is InChI=1S/C19H34FN7O2/c1-3-25-5-4-15(26-6-8-29-9-7-26)14(11-25)23-19(28)16-17(21)24-27(2)12-13(20)10-22-18(16)27/h4,13-14,16-18,22,24H,3,5-12,21H2,1-2H3/p+1. The number of halogens is 1. The average molecular weight is 413 g/mol. The first-order valence-electron chi connectivity index (χ1n) is 10.7. The van der Waals surface area contributed by atoms with Crippen LogP contribution in [0.3, 0.4) is 0 Å². The zero-order valence-corrected chi connectivity index (χ0v) is 17.4. The molecule has 0 aliphatic carbocycles. The number of nitrogens with zero attached hydrogens (tertiary/aromatic N) is 3. The Morgan fingerprint density at radius 3 is 2.93 bits per heavy atom. The van der Waals surface area contributed by atoms with Crippen molar-refractivity contribution in [3.63, 3.8) is 0 Å². The van der Waals surface area contributed by atoms with E-state index in [4.69, 9.17) is 10.5 Å². The van der Waals surface area contributed by atoms with Crippen molar-refractivity contribution in [1.29, 1.82) is 0 Å². The molecule has 4 aliphatic heterocycles. The van der Waals surface area contributed by atoms with Crippen LogP contribution in [0.15, 0.2) is 11.8 Å². The first kappa shape index (κ1) is 21.0. The van der Waals surface area contributed by atoms with E-state index in [0.717, 1.165) is 32.7 Å². The molecule has 0 spiro atoms. The van der Waals surface area contributed by atoms with E-state index in [1.165, 1.54) is 5.70 Å². The molecular weight excluding hydrogens is 377 g/mol. The Hall–Kier alpha value is -1.30. The molecule has 4 rings (SSSR count). The Bertz CT molecular complexity index is 644. The first-order chi connectivity index (χ1) is 13.9. The summed E-state index contributed by atoms with van der Waals surface area (Å²) in [7, 11) is 1.90. The maximum Gasteiger partial charge on any atom is 0.234 e. The zero-order valence-electron chi connectivity index (χ0n) is 17.4. The highest BCUT2D eigenvalue weighted by molar-refractivity contribution is 5.81. The van der Waals surface area contributed by atoms with E-state index in [1.54, 1.807) is 0 Å². The van der Waals surface area contributed by atoms with Gasteiger partial charge in [-0.1, -0.05) is 6.92 Å². The SMILES string of the molecule is CCN1CC=C(N2CCOCC2)C(NC(=O)C2C(N)N[N+]3(C)CC(F)CNC23)C1. The van der Waals surface area contributed by atoms with E-state index >= 15 is 0 Å². The molecule has 0 aromatic rings. The van der Waals surface area contributed by atoms with E-state index in [2.05, 4.69) is 38.9 Å². The van der Waals surface area contributed by atoms with Crippen molar-refractivity contribution in [2.75, 3.05) is 66.1 Å². The summed E-state index contributed by atoms with van der Waals surface area (Å²) in [5, 5.41) is 6.48. The van der Waals surface area contributed by atoms with Gasteiger partial charge in [0.1, 0.15) is 18.6 Å². The number of hydrogen-bond acceptors (Lipinski definition) is 7. The summed E-state index contributed by atoms with van der Waals surface area (Å²) in [6.45, 7) is 8.38. The maximum atomic E-state index is 13.9. The van der Waals surface area contributed by atoms with Crippen LogP contribution >= 0.6 is 0 Å². The predicted octanol–water partition coefficient (Wildman–Crippen LogP) is -1.84. The number of nitrogens with two attached hydrogens (primary N) is 1. The van der Waals surface area contributed by atoms with Gasteiger partial charge in [0.05, 0.1) is 26.3 Å². The lowest BCUT2D eigenvalue weighted by Crippen LogP contribution is -2.69. The molecule has 3 saturated heterocycles. The zero-order chi connectivity index (χ0) is 20.6. The highest BCUT2D eigenvalue weighted by Crippen LogP contribution is 2.28. The maximum absolute atomic E-state index is 13.9. The van der Waals surface area contributed by atoms with Crippen molar-refractivity contribution < 1.29 is 18.5 Å². The smallest absolute Gasteiger partial charge is 0.234 e. The molecule has 0 bridgehead atoms. The summed E-state index contributed by atoms with van der Waals surface area (Å²) in [5.74, 6) is -0.542. The number of alkyl halides is 1. The van der Waals surface area contributed by atoms with Crippen LogP contribution in [0, 0.1) is 5.92 Å². The number of carbonyl (C=O) groups excluding carboxylic acids is 1. The molecule has 0 saturated carbocycles. The molecule has 1 amide bonds. The Labute approximate surface area is 171 Å². The Morgan fingerprint density at radius 2 is 2.21 bits per heavy atom. The molecule has 6 unspecified atom stereocenters. The average Bonchev–Trinajstić information content (AvgIpc) is 2.97. The van der Waals surface area contributed by atoms with Crippen molar-refractivity contribution in [2.24, 2.45) is 11.7 Å². The number of quaternary nitrogens is 1. The molecule has 4 aliphatic rings. The van der Waals surface area contributed by atoms with E-state index < -0.39 is 18.3 Å². The molecule has 6 atom stereocenters. The van der Waals surface area contributed by atoms with Crippen LogP contribution < -0.4 is 21.8 Å². The molecule has 5 N–H and O–H groups in total. The van der Waals surface area contributed by atoms with E-state index in [1.807, 2.05) is 7.05 Å². The van der Waals surface area contributed by atoms with Gasteiger partial charge in [0, 0.05) is 38.4 Å². The Kier molecular flexibility index (Phi) is 6.10.